The number of nitrogens with two attached hydrogens (primary N) is 1. The van der Waals surface area contributed by atoms with E-state index in [9.17, 15) is 18.0 Å². The van der Waals surface area contributed by atoms with Crippen molar-refractivity contribution in [3.05, 3.63) is 98.7 Å². The van der Waals surface area contributed by atoms with Crippen LogP contribution in [0.4, 0.5) is 0 Å². The molecular formula is C34H36Cl2N6O5S. The van der Waals surface area contributed by atoms with Gasteiger partial charge < -0.3 is 21.1 Å². The lowest BCUT2D eigenvalue weighted by Crippen LogP contribution is -2.46. The van der Waals surface area contributed by atoms with E-state index in [1.807, 2.05) is 32.0 Å². The van der Waals surface area contributed by atoms with Crippen molar-refractivity contribution in [3.8, 4) is 5.75 Å². The van der Waals surface area contributed by atoms with Crippen molar-refractivity contribution in [1.82, 2.24) is 19.9 Å². The van der Waals surface area contributed by atoms with Crippen molar-refractivity contribution in [2.75, 3.05) is 19.6 Å². The van der Waals surface area contributed by atoms with Gasteiger partial charge in [-0.05, 0) is 75.1 Å². The zero-order valence-electron chi connectivity index (χ0n) is 26.5. The number of halogens is 2. The second-order valence-corrected chi connectivity index (χ2v) is 14.2. The number of carbonyl (C=O) groups is 2. The highest BCUT2D eigenvalue weighted by atomic mass is 35.5. The van der Waals surface area contributed by atoms with Crippen molar-refractivity contribution >= 4 is 61.8 Å². The number of para-hydroxylation sites is 1. The highest BCUT2D eigenvalue weighted by Crippen LogP contribution is 2.36. The summed E-state index contributed by atoms with van der Waals surface area (Å²) in [6.07, 6.45) is 1.29. The molecule has 3 aromatic carbocycles. The Morgan fingerprint density at radius 1 is 1.04 bits per heavy atom. The van der Waals surface area contributed by atoms with E-state index in [2.05, 4.69) is 15.6 Å². The average Bonchev–Trinajstić information content (AvgIpc) is 3.56. The number of aromatic nitrogens is 1. The maximum Gasteiger partial charge on any atom is 0.251 e. The fourth-order valence-electron chi connectivity index (χ4n) is 5.67. The predicted molar refractivity (Wildman–Crippen MR) is 186 cm³/mol. The summed E-state index contributed by atoms with van der Waals surface area (Å²) >= 11 is 13.2. The second-order valence-electron chi connectivity index (χ2n) is 11.5. The molecule has 14 heteroatoms. The van der Waals surface area contributed by atoms with Crippen molar-refractivity contribution < 1.29 is 22.7 Å². The van der Waals surface area contributed by atoms with Crippen LogP contribution in [0.3, 0.4) is 0 Å². The minimum Gasteiger partial charge on any atom is -0.487 e. The number of sulfonamides is 1. The van der Waals surface area contributed by atoms with Gasteiger partial charge in [-0.25, -0.2) is 13.4 Å². The molecule has 1 saturated heterocycles. The van der Waals surface area contributed by atoms with E-state index < -0.39 is 22.0 Å². The molecule has 0 saturated carbocycles. The maximum absolute atomic E-state index is 13.9. The lowest BCUT2D eigenvalue weighted by atomic mass is 10.1. The molecule has 1 aromatic heterocycles. The van der Waals surface area contributed by atoms with Gasteiger partial charge in [-0.2, -0.15) is 4.31 Å². The van der Waals surface area contributed by atoms with Gasteiger partial charge in [0.05, 0.1) is 5.02 Å². The van der Waals surface area contributed by atoms with Crippen molar-refractivity contribution in [2.24, 2.45) is 5.73 Å². The third kappa shape index (κ3) is 7.57. The van der Waals surface area contributed by atoms with Crippen molar-refractivity contribution in [1.29, 1.82) is 5.41 Å². The zero-order valence-corrected chi connectivity index (χ0v) is 28.8. The number of hydrogen-bond donors (Lipinski definition) is 4. The van der Waals surface area contributed by atoms with E-state index >= 15 is 0 Å². The molecule has 5 N–H and O–H groups in total. The fraction of sp³-hybridized carbons (Fsp3) is 0.294. The first-order chi connectivity index (χ1) is 22.9. The lowest BCUT2D eigenvalue weighted by molar-refractivity contribution is -0.124. The number of amidine groups is 1. The van der Waals surface area contributed by atoms with Gasteiger partial charge in [0.25, 0.3) is 5.91 Å². The monoisotopic (exact) mass is 710 g/mol. The number of fused-ring (bicyclic) bond motifs is 1. The Morgan fingerprint density at radius 2 is 1.75 bits per heavy atom. The molecule has 1 aliphatic heterocycles. The molecule has 252 valence electrons. The van der Waals surface area contributed by atoms with Crippen LogP contribution in [0.1, 0.15) is 52.0 Å². The SMILES string of the molecule is Cc1cc(C)c2cccc(OCc3c(Cl)ccc(S(=O)(=O)N4CCC[C@@H]4C(=O)NCCCNC(=O)c4ccc(C(=N)N)cc4)c3Cl)c2n1. The Balaban J connectivity index is 1.21. The van der Waals surface area contributed by atoms with E-state index in [1.165, 1.54) is 16.4 Å². The van der Waals surface area contributed by atoms with Crippen LogP contribution in [0.2, 0.25) is 10.0 Å². The van der Waals surface area contributed by atoms with Crippen LogP contribution < -0.4 is 21.1 Å². The summed E-state index contributed by atoms with van der Waals surface area (Å²) in [5.74, 6) is -0.297. The number of pyridine rings is 1. The van der Waals surface area contributed by atoms with Crippen LogP contribution in [0, 0.1) is 19.3 Å². The molecule has 2 amide bonds. The fourth-order valence-corrected chi connectivity index (χ4v) is 8.19. The number of nitrogens with zero attached hydrogens (tertiary/aromatic N) is 2. The highest BCUT2D eigenvalue weighted by molar-refractivity contribution is 7.89. The zero-order chi connectivity index (χ0) is 34.6. The van der Waals surface area contributed by atoms with Crippen molar-refractivity contribution in [2.45, 2.75) is 50.7 Å². The molecular weight excluding hydrogens is 675 g/mol. The number of aryl methyl sites for hydroxylation is 2. The molecule has 2 heterocycles. The first-order valence-corrected chi connectivity index (χ1v) is 17.6. The number of ether oxygens (including phenoxy) is 1. The van der Waals surface area contributed by atoms with Crippen LogP contribution in [0.5, 0.6) is 5.75 Å². The molecule has 1 atom stereocenters. The number of nitrogen functional groups attached to an aromatic ring is 1. The molecule has 0 unspecified atom stereocenters. The van der Waals surface area contributed by atoms with Gasteiger partial charge in [0, 0.05) is 52.4 Å². The van der Waals surface area contributed by atoms with Gasteiger partial charge in [0.2, 0.25) is 15.9 Å². The molecule has 0 bridgehead atoms. The summed E-state index contributed by atoms with van der Waals surface area (Å²) in [6.45, 7) is 4.48. The number of amides is 2. The minimum atomic E-state index is -4.18. The van der Waals surface area contributed by atoms with Crippen LogP contribution in [0.25, 0.3) is 10.9 Å². The number of nitrogens with one attached hydrogen (secondary N) is 3. The first-order valence-electron chi connectivity index (χ1n) is 15.4. The smallest absolute Gasteiger partial charge is 0.251 e. The quantitative estimate of drug-likeness (QED) is 0.0900. The third-order valence-corrected chi connectivity index (χ3v) is 11.0. The summed E-state index contributed by atoms with van der Waals surface area (Å²) < 4.78 is 35.1. The van der Waals surface area contributed by atoms with Gasteiger partial charge in [-0.3, -0.25) is 15.0 Å². The number of rotatable bonds is 12. The summed E-state index contributed by atoms with van der Waals surface area (Å²) in [7, 11) is -4.18. The van der Waals surface area contributed by atoms with Crippen LogP contribution in [0.15, 0.2) is 65.6 Å². The van der Waals surface area contributed by atoms with Gasteiger partial charge in [0.15, 0.2) is 0 Å². The van der Waals surface area contributed by atoms with Crippen LogP contribution in [-0.2, 0) is 21.4 Å². The Hall–Kier alpha value is -4.23. The van der Waals surface area contributed by atoms with Crippen LogP contribution in [-0.4, -0.2) is 61.0 Å². The molecule has 11 nitrogen and oxygen atoms in total. The average molecular weight is 712 g/mol. The second kappa shape index (κ2) is 14.9. The van der Waals surface area contributed by atoms with Gasteiger partial charge >= 0.3 is 0 Å². The Bertz CT molecular complexity index is 1990. The summed E-state index contributed by atoms with van der Waals surface area (Å²) in [6, 6.07) is 15.8. The third-order valence-electron chi connectivity index (χ3n) is 8.15. The highest BCUT2D eigenvalue weighted by Gasteiger charge is 2.40. The van der Waals surface area contributed by atoms with E-state index in [1.54, 1.807) is 30.3 Å². The van der Waals surface area contributed by atoms with Gasteiger partial charge in [0.1, 0.15) is 34.6 Å². The van der Waals surface area contributed by atoms with E-state index in [0.717, 1.165) is 16.6 Å². The molecule has 0 radical (unpaired) electrons. The molecule has 0 aliphatic carbocycles. The standard InChI is InChI=1S/C34H36Cl2N6O5S/c1-20-18-21(2)41-31-24(20)6-3-8-28(31)47-19-25-26(35)13-14-29(30(25)36)48(45,46)42-17-4-7-27(42)34(44)40-16-5-15-39-33(43)23-11-9-22(10-12-23)32(37)38/h3,6,8-14,18,27H,4-5,7,15-17,19H2,1-2H3,(H3,37,38)(H,39,43)(H,40,44)/t27-/m1/s1. The summed E-state index contributed by atoms with van der Waals surface area (Å²) in [4.78, 5) is 30.0. The lowest BCUT2D eigenvalue weighted by Gasteiger charge is -2.24. The van der Waals surface area contributed by atoms with E-state index in [-0.39, 0.29) is 46.4 Å². The number of hydrogen-bond acceptors (Lipinski definition) is 7. The molecule has 1 aliphatic rings. The number of carbonyl (C=O) groups excluding carboxylic acids is 2. The molecule has 0 spiro atoms. The first kappa shape index (κ1) is 35.1. The normalized spacial score (nSPS) is 15.0. The van der Waals surface area contributed by atoms with E-state index in [0.29, 0.717) is 53.8 Å². The molecule has 5 rings (SSSR count). The van der Waals surface area contributed by atoms with Crippen LogP contribution >= 0.6 is 23.2 Å². The topological polar surface area (TPSA) is 168 Å². The van der Waals surface area contributed by atoms with Gasteiger partial charge in [-0.15, -0.1) is 0 Å². The predicted octanol–water partition coefficient (Wildman–Crippen LogP) is 5.11. The molecule has 48 heavy (non-hydrogen) atoms. The largest absolute Gasteiger partial charge is 0.487 e. The summed E-state index contributed by atoms with van der Waals surface area (Å²) in [5, 5.41) is 14.1. The van der Waals surface area contributed by atoms with E-state index in [4.69, 9.17) is 39.1 Å². The Morgan fingerprint density at radius 3 is 2.48 bits per heavy atom. The maximum atomic E-state index is 13.9. The molecule has 1 fully saturated rings. The van der Waals surface area contributed by atoms with Crippen molar-refractivity contribution in [3.63, 3.8) is 0 Å². The Kier molecular flexibility index (Phi) is 10.9. The Labute approximate surface area is 289 Å². The molecule has 4 aromatic rings. The van der Waals surface area contributed by atoms with Gasteiger partial charge in [-0.1, -0.05) is 47.5 Å². The minimum absolute atomic E-state index is 0.0687. The number of benzene rings is 3. The summed E-state index contributed by atoms with van der Waals surface area (Å²) in [5.41, 5.74) is 9.26.